The van der Waals surface area contributed by atoms with Gasteiger partial charge in [-0.1, -0.05) is 6.92 Å². The van der Waals surface area contributed by atoms with E-state index >= 15 is 0 Å². The number of rotatable bonds is 5. The maximum absolute atomic E-state index is 5.46. The number of hydrogen-bond donors (Lipinski definition) is 1. The summed E-state index contributed by atoms with van der Waals surface area (Å²) in [5.41, 5.74) is 0.192. The highest BCUT2D eigenvalue weighted by atomic mass is 16.5. The summed E-state index contributed by atoms with van der Waals surface area (Å²) in [4.78, 5) is 2.33. The molecule has 3 nitrogen and oxygen atoms in total. The van der Waals surface area contributed by atoms with Crippen LogP contribution in [0, 0.1) is 5.92 Å². The van der Waals surface area contributed by atoms with E-state index < -0.39 is 0 Å². The van der Waals surface area contributed by atoms with Crippen molar-refractivity contribution in [3.63, 3.8) is 0 Å². The minimum atomic E-state index is 0.192. The number of nitrogens with one attached hydrogen (secondary N) is 1. The number of likely N-dealkylation sites (N-methyl/N-ethyl adjacent to an activating group) is 2. The van der Waals surface area contributed by atoms with Gasteiger partial charge < -0.3 is 15.0 Å². The highest BCUT2D eigenvalue weighted by molar-refractivity contribution is 4.95. The molecule has 96 valence electrons. The molecule has 1 saturated heterocycles. The van der Waals surface area contributed by atoms with E-state index in [9.17, 15) is 0 Å². The molecule has 1 rings (SSSR count). The van der Waals surface area contributed by atoms with Crippen LogP contribution in [0.4, 0.5) is 0 Å². The van der Waals surface area contributed by atoms with Gasteiger partial charge in [0, 0.05) is 24.8 Å². The molecule has 1 unspecified atom stereocenters. The van der Waals surface area contributed by atoms with E-state index in [1.807, 2.05) is 0 Å². The van der Waals surface area contributed by atoms with Crippen molar-refractivity contribution in [1.82, 2.24) is 10.2 Å². The molecule has 0 aromatic rings. The zero-order valence-corrected chi connectivity index (χ0v) is 11.5. The van der Waals surface area contributed by atoms with Crippen LogP contribution in [-0.2, 0) is 4.74 Å². The van der Waals surface area contributed by atoms with E-state index in [0.29, 0.717) is 6.04 Å². The van der Waals surface area contributed by atoms with Crippen LogP contribution in [0.25, 0.3) is 0 Å². The molecule has 0 aromatic heterocycles. The van der Waals surface area contributed by atoms with Gasteiger partial charge in [0.25, 0.3) is 0 Å². The lowest BCUT2D eigenvalue weighted by molar-refractivity contribution is 0.0206. The van der Waals surface area contributed by atoms with E-state index in [2.05, 4.69) is 45.1 Å². The second kappa shape index (κ2) is 5.99. The smallest absolute Gasteiger partial charge is 0.0469 e. The van der Waals surface area contributed by atoms with Crippen LogP contribution in [0.1, 0.15) is 33.6 Å². The molecule has 1 aliphatic heterocycles. The largest absolute Gasteiger partial charge is 0.381 e. The van der Waals surface area contributed by atoms with Crippen LogP contribution >= 0.6 is 0 Å². The average molecular weight is 228 g/mol. The standard InChI is InChI=1S/C13H28N2O/c1-6-14-12(13(2,3)15(4)5)11-7-9-16-10-8-11/h11-12,14H,6-10H2,1-5H3. The molecule has 0 bridgehead atoms. The molecule has 16 heavy (non-hydrogen) atoms. The first-order valence-electron chi connectivity index (χ1n) is 6.48. The van der Waals surface area contributed by atoms with Crippen molar-refractivity contribution in [3.8, 4) is 0 Å². The Balaban J connectivity index is 2.71. The Kier molecular flexibility index (Phi) is 5.22. The Morgan fingerprint density at radius 3 is 2.31 bits per heavy atom. The molecule has 0 amide bonds. The quantitative estimate of drug-likeness (QED) is 0.775. The fraction of sp³-hybridized carbons (Fsp3) is 1.00. The van der Waals surface area contributed by atoms with Gasteiger partial charge >= 0.3 is 0 Å². The molecule has 1 aliphatic rings. The van der Waals surface area contributed by atoms with Crippen molar-refractivity contribution >= 4 is 0 Å². The second-order valence-electron chi connectivity index (χ2n) is 5.53. The first kappa shape index (κ1) is 13.9. The van der Waals surface area contributed by atoms with Gasteiger partial charge in [0.2, 0.25) is 0 Å². The monoisotopic (exact) mass is 228 g/mol. The summed E-state index contributed by atoms with van der Waals surface area (Å²) in [5, 5.41) is 3.68. The SMILES string of the molecule is CCNC(C1CCOCC1)C(C)(C)N(C)C. The van der Waals surface area contributed by atoms with Gasteiger partial charge in [-0.15, -0.1) is 0 Å². The lowest BCUT2D eigenvalue weighted by Crippen LogP contribution is -2.59. The molecular weight excluding hydrogens is 200 g/mol. The normalized spacial score (nSPS) is 21.4. The van der Waals surface area contributed by atoms with Crippen molar-refractivity contribution in [2.45, 2.75) is 45.2 Å². The van der Waals surface area contributed by atoms with E-state index in [1.54, 1.807) is 0 Å². The molecule has 0 spiro atoms. The van der Waals surface area contributed by atoms with Gasteiger partial charge in [-0.25, -0.2) is 0 Å². The van der Waals surface area contributed by atoms with Crippen LogP contribution in [0.3, 0.4) is 0 Å². The third kappa shape index (κ3) is 3.19. The van der Waals surface area contributed by atoms with Crippen LogP contribution in [0.5, 0.6) is 0 Å². The summed E-state index contributed by atoms with van der Waals surface area (Å²) in [5.74, 6) is 0.742. The molecule has 1 atom stereocenters. The highest BCUT2D eigenvalue weighted by Crippen LogP contribution is 2.28. The molecule has 3 heteroatoms. The topological polar surface area (TPSA) is 24.5 Å². The lowest BCUT2D eigenvalue weighted by atomic mass is 9.79. The number of nitrogens with zero attached hydrogens (tertiary/aromatic N) is 1. The van der Waals surface area contributed by atoms with Crippen LogP contribution in [0.2, 0.25) is 0 Å². The predicted octanol–water partition coefficient (Wildman–Crippen LogP) is 1.73. The fourth-order valence-electron chi connectivity index (χ4n) is 2.54. The van der Waals surface area contributed by atoms with Gasteiger partial charge in [-0.2, -0.15) is 0 Å². The van der Waals surface area contributed by atoms with E-state index in [0.717, 1.165) is 25.7 Å². The summed E-state index contributed by atoms with van der Waals surface area (Å²) in [6, 6.07) is 0.552. The third-order valence-corrected chi connectivity index (χ3v) is 4.08. The Labute approximate surface area is 101 Å². The third-order valence-electron chi connectivity index (χ3n) is 4.08. The van der Waals surface area contributed by atoms with Gasteiger partial charge in [0.05, 0.1) is 0 Å². The number of ether oxygens (including phenoxy) is 1. The Morgan fingerprint density at radius 2 is 1.88 bits per heavy atom. The highest BCUT2D eigenvalue weighted by Gasteiger charge is 2.37. The summed E-state index contributed by atoms with van der Waals surface area (Å²) in [7, 11) is 4.34. The Morgan fingerprint density at radius 1 is 1.31 bits per heavy atom. The number of hydrogen-bond acceptors (Lipinski definition) is 3. The first-order chi connectivity index (χ1) is 7.50. The predicted molar refractivity (Wildman–Crippen MR) is 68.8 cm³/mol. The van der Waals surface area contributed by atoms with Crippen LogP contribution < -0.4 is 5.32 Å². The average Bonchev–Trinajstić information content (AvgIpc) is 2.26. The first-order valence-corrected chi connectivity index (χ1v) is 6.48. The molecule has 0 radical (unpaired) electrons. The van der Waals surface area contributed by atoms with E-state index in [-0.39, 0.29) is 5.54 Å². The second-order valence-corrected chi connectivity index (χ2v) is 5.53. The summed E-state index contributed by atoms with van der Waals surface area (Å²) in [6.45, 7) is 9.75. The maximum Gasteiger partial charge on any atom is 0.0469 e. The molecule has 0 aliphatic carbocycles. The summed E-state index contributed by atoms with van der Waals surface area (Å²) >= 11 is 0. The minimum absolute atomic E-state index is 0.192. The molecule has 0 aromatic carbocycles. The van der Waals surface area contributed by atoms with Gasteiger partial charge in [-0.3, -0.25) is 0 Å². The van der Waals surface area contributed by atoms with Crippen molar-refractivity contribution in [2.75, 3.05) is 33.9 Å². The zero-order valence-electron chi connectivity index (χ0n) is 11.5. The molecule has 1 heterocycles. The van der Waals surface area contributed by atoms with Crippen LogP contribution in [0.15, 0.2) is 0 Å². The van der Waals surface area contributed by atoms with E-state index in [4.69, 9.17) is 4.74 Å². The molecule has 1 N–H and O–H groups in total. The van der Waals surface area contributed by atoms with Gasteiger partial charge in [0.15, 0.2) is 0 Å². The van der Waals surface area contributed by atoms with Gasteiger partial charge in [0.1, 0.15) is 0 Å². The Hall–Kier alpha value is -0.120. The molecule has 1 fully saturated rings. The van der Waals surface area contributed by atoms with Crippen molar-refractivity contribution in [2.24, 2.45) is 5.92 Å². The summed E-state index contributed by atoms with van der Waals surface area (Å²) < 4.78 is 5.46. The minimum Gasteiger partial charge on any atom is -0.381 e. The lowest BCUT2D eigenvalue weighted by Gasteiger charge is -2.45. The Bertz CT molecular complexity index is 198. The summed E-state index contributed by atoms with van der Waals surface area (Å²) in [6.07, 6.45) is 2.38. The van der Waals surface area contributed by atoms with Gasteiger partial charge in [-0.05, 0) is 53.2 Å². The molecular formula is C13H28N2O. The fourth-order valence-corrected chi connectivity index (χ4v) is 2.54. The molecule has 0 saturated carbocycles. The van der Waals surface area contributed by atoms with Crippen LogP contribution in [-0.4, -0.2) is 50.3 Å². The van der Waals surface area contributed by atoms with Crippen molar-refractivity contribution in [1.29, 1.82) is 0 Å². The van der Waals surface area contributed by atoms with Crippen molar-refractivity contribution < 1.29 is 4.74 Å². The maximum atomic E-state index is 5.46. The zero-order chi connectivity index (χ0) is 12.2. The van der Waals surface area contributed by atoms with Crippen molar-refractivity contribution in [3.05, 3.63) is 0 Å². The van der Waals surface area contributed by atoms with E-state index in [1.165, 1.54) is 12.8 Å².